The number of para-hydroxylation sites is 1. The lowest BCUT2D eigenvalue weighted by Gasteiger charge is -2.01. The van der Waals surface area contributed by atoms with E-state index in [1.807, 2.05) is 36.4 Å². The second-order valence-electron chi connectivity index (χ2n) is 5.53. The van der Waals surface area contributed by atoms with E-state index in [1.165, 1.54) is 28.7 Å². The molecular formula is C18H15N5OS2. The summed E-state index contributed by atoms with van der Waals surface area (Å²) in [4.78, 5) is 19.4. The normalized spacial score (nSPS) is 10.9. The van der Waals surface area contributed by atoms with Crippen LogP contribution in [0.3, 0.4) is 0 Å². The average molecular weight is 381 g/mol. The first-order chi connectivity index (χ1) is 12.8. The summed E-state index contributed by atoms with van der Waals surface area (Å²) in [6, 6.07) is 17.5. The first-order valence-electron chi connectivity index (χ1n) is 8.00. The van der Waals surface area contributed by atoms with Gasteiger partial charge in [0, 0.05) is 6.54 Å². The van der Waals surface area contributed by atoms with Gasteiger partial charge in [0.1, 0.15) is 5.82 Å². The van der Waals surface area contributed by atoms with Crippen LogP contribution in [-0.2, 0) is 12.3 Å². The van der Waals surface area contributed by atoms with Crippen LogP contribution in [0, 0.1) is 0 Å². The van der Waals surface area contributed by atoms with E-state index in [2.05, 4.69) is 37.6 Å². The molecule has 0 aliphatic heterocycles. The first kappa shape index (κ1) is 16.7. The molecule has 4 aromatic rings. The van der Waals surface area contributed by atoms with E-state index in [0.29, 0.717) is 29.0 Å². The standard InChI is InChI=1S/C18H15N5OS2/c24-16-13-8-4-5-9-14(13)20-15(21-16)11-25-18-23-22-17(26-18)19-10-12-6-2-1-3-7-12/h1-9H,10-11H2,(H,19,22)(H,20,21,24). The molecule has 6 nitrogen and oxygen atoms in total. The lowest BCUT2D eigenvalue weighted by molar-refractivity contribution is 0.989. The highest BCUT2D eigenvalue weighted by Crippen LogP contribution is 2.27. The number of hydrogen-bond acceptors (Lipinski definition) is 7. The van der Waals surface area contributed by atoms with Crippen molar-refractivity contribution in [3.8, 4) is 0 Å². The van der Waals surface area contributed by atoms with Crippen molar-refractivity contribution >= 4 is 39.1 Å². The fourth-order valence-corrected chi connectivity index (χ4v) is 4.06. The summed E-state index contributed by atoms with van der Waals surface area (Å²) in [5.41, 5.74) is 1.78. The zero-order chi connectivity index (χ0) is 17.8. The van der Waals surface area contributed by atoms with Gasteiger partial charge in [0.15, 0.2) is 4.34 Å². The van der Waals surface area contributed by atoms with Crippen LogP contribution in [0.1, 0.15) is 11.4 Å². The van der Waals surface area contributed by atoms with Gasteiger partial charge in [-0.1, -0.05) is 65.6 Å². The largest absolute Gasteiger partial charge is 0.356 e. The lowest BCUT2D eigenvalue weighted by Crippen LogP contribution is -2.11. The molecule has 0 atom stereocenters. The topological polar surface area (TPSA) is 83.6 Å². The second kappa shape index (κ2) is 7.67. The molecule has 0 spiro atoms. The third kappa shape index (κ3) is 3.92. The molecule has 0 radical (unpaired) electrons. The van der Waals surface area contributed by atoms with Crippen LogP contribution in [0.4, 0.5) is 5.13 Å². The number of aromatic nitrogens is 4. The third-order valence-electron chi connectivity index (χ3n) is 3.69. The van der Waals surface area contributed by atoms with Gasteiger partial charge in [-0.05, 0) is 17.7 Å². The third-order valence-corrected chi connectivity index (χ3v) is 5.71. The van der Waals surface area contributed by atoms with Gasteiger partial charge >= 0.3 is 0 Å². The number of benzene rings is 2. The Labute approximate surface area is 157 Å². The Morgan fingerprint density at radius 3 is 2.73 bits per heavy atom. The van der Waals surface area contributed by atoms with Gasteiger partial charge in [0.2, 0.25) is 5.13 Å². The lowest BCUT2D eigenvalue weighted by atomic mass is 10.2. The highest BCUT2D eigenvalue weighted by atomic mass is 32.2. The van der Waals surface area contributed by atoms with Gasteiger partial charge in [-0.15, -0.1) is 10.2 Å². The zero-order valence-electron chi connectivity index (χ0n) is 13.7. The summed E-state index contributed by atoms with van der Waals surface area (Å²) in [7, 11) is 0. The van der Waals surface area contributed by atoms with Crippen LogP contribution in [0.2, 0.25) is 0 Å². The Bertz CT molecular complexity index is 1080. The predicted molar refractivity (Wildman–Crippen MR) is 106 cm³/mol. The highest BCUT2D eigenvalue weighted by molar-refractivity contribution is 8.00. The van der Waals surface area contributed by atoms with Gasteiger partial charge in [-0.25, -0.2) is 4.98 Å². The minimum absolute atomic E-state index is 0.117. The van der Waals surface area contributed by atoms with Crippen LogP contribution in [0.25, 0.3) is 10.9 Å². The maximum Gasteiger partial charge on any atom is 0.258 e. The Kier molecular flexibility index (Phi) is 4.94. The fourth-order valence-electron chi connectivity index (χ4n) is 2.45. The van der Waals surface area contributed by atoms with Crippen LogP contribution in [0.5, 0.6) is 0 Å². The molecule has 0 unspecified atom stereocenters. The summed E-state index contributed by atoms with van der Waals surface area (Å²) in [6.07, 6.45) is 0. The molecule has 4 rings (SSSR count). The molecule has 0 fully saturated rings. The molecule has 0 saturated carbocycles. The number of thioether (sulfide) groups is 1. The van der Waals surface area contributed by atoms with Crippen molar-refractivity contribution in [2.24, 2.45) is 0 Å². The maximum atomic E-state index is 12.1. The van der Waals surface area contributed by atoms with Crippen molar-refractivity contribution in [3.05, 3.63) is 76.3 Å². The van der Waals surface area contributed by atoms with E-state index in [0.717, 1.165) is 9.47 Å². The molecule has 2 heterocycles. The SMILES string of the molecule is O=c1[nH]c(CSc2nnc(NCc3ccccc3)s2)nc2ccccc12. The van der Waals surface area contributed by atoms with Crippen molar-refractivity contribution in [1.82, 2.24) is 20.2 Å². The van der Waals surface area contributed by atoms with E-state index >= 15 is 0 Å². The van der Waals surface area contributed by atoms with Gasteiger partial charge in [-0.3, -0.25) is 4.79 Å². The quantitative estimate of drug-likeness (QED) is 0.496. The Hall–Kier alpha value is -2.71. The fraction of sp³-hybridized carbons (Fsp3) is 0.111. The molecule has 0 aliphatic rings. The number of nitrogens with zero attached hydrogens (tertiary/aromatic N) is 3. The van der Waals surface area contributed by atoms with Crippen molar-refractivity contribution < 1.29 is 0 Å². The summed E-state index contributed by atoms with van der Waals surface area (Å²) in [5.74, 6) is 1.17. The monoisotopic (exact) mass is 381 g/mol. The number of H-pyrrole nitrogens is 1. The van der Waals surface area contributed by atoms with Crippen LogP contribution < -0.4 is 10.9 Å². The molecule has 0 amide bonds. The van der Waals surface area contributed by atoms with Crippen molar-refractivity contribution in [3.63, 3.8) is 0 Å². The highest BCUT2D eigenvalue weighted by Gasteiger charge is 2.08. The van der Waals surface area contributed by atoms with Gasteiger partial charge in [0.05, 0.1) is 16.7 Å². The van der Waals surface area contributed by atoms with Gasteiger partial charge in [0.25, 0.3) is 5.56 Å². The summed E-state index contributed by atoms with van der Waals surface area (Å²) >= 11 is 2.99. The van der Waals surface area contributed by atoms with E-state index in [9.17, 15) is 4.79 Å². The second-order valence-corrected chi connectivity index (χ2v) is 7.73. The predicted octanol–water partition coefficient (Wildman–Crippen LogP) is 3.68. The Morgan fingerprint density at radius 1 is 1.04 bits per heavy atom. The molecule has 2 N–H and O–H groups in total. The molecule has 26 heavy (non-hydrogen) atoms. The van der Waals surface area contributed by atoms with E-state index in [1.54, 1.807) is 6.07 Å². The molecule has 130 valence electrons. The van der Waals surface area contributed by atoms with E-state index in [4.69, 9.17) is 0 Å². The first-order valence-corrected chi connectivity index (χ1v) is 9.80. The molecule has 0 aliphatic carbocycles. The number of anilines is 1. The molecular weight excluding hydrogens is 366 g/mol. The van der Waals surface area contributed by atoms with Crippen LogP contribution in [0.15, 0.2) is 63.7 Å². The Balaban J connectivity index is 1.39. The minimum atomic E-state index is -0.117. The summed E-state index contributed by atoms with van der Waals surface area (Å²) < 4.78 is 0.830. The molecule has 0 saturated heterocycles. The number of rotatable bonds is 6. The molecule has 0 bridgehead atoms. The summed E-state index contributed by atoms with van der Waals surface area (Å²) in [6.45, 7) is 0.708. The number of fused-ring (bicyclic) bond motifs is 1. The Morgan fingerprint density at radius 2 is 1.85 bits per heavy atom. The number of aromatic amines is 1. The number of hydrogen-bond donors (Lipinski definition) is 2. The van der Waals surface area contributed by atoms with E-state index < -0.39 is 0 Å². The van der Waals surface area contributed by atoms with Crippen molar-refractivity contribution in [2.75, 3.05) is 5.32 Å². The van der Waals surface area contributed by atoms with Gasteiger partial charge in [-0.2, -0.15) is 0 Å². The number of nitrogens with one attached hydrogen (secondary N) is 2. The molecule has 8 heteroatoms. The zero-order valence-corrected chi connectivity index (χ0v) is 15.3. The minimum Gasteiger partial charge on any atom is -0.356 e. The van der Waals surface area contributed by atoms with Crippen molar-refractivity contribution in [1.29, 1.82) is 0 Å². The van der Waals surface area contributed by atoms with E-state index in [-0.39, 0.29) is 5.56 Å². The van der Waals surface area contributed by atoms with Crippen LogP contribution >= 0.6 is 23.1 Å². The molecule has 2 aromatic carbocycles. The van der Waals surface area contributed by atoms with Crippen molar-refractivity contribution in [2.45, 2.75) is 16.6 Å². The van der Waals surface area contributed by atoms with Crippen LogP contribution in [-0.4, -0.2) is 20.2 Å². The maximum absolute atomic E-state index is 12.1. The molecule has 2 aromatic heterocycles. The average Bonchev–Trinajstić information content (AvgIpc) is 3.14. The smallest absolute Gasteiger partial charge is 0.258 e. The van der Waals surface area contributed by atoms with Gasteiger partial charge < -0.3 is 10.3 Å². The summed E-state index contributed by atoms with van der Waals surface area (Å²) in [5, 5.41) is 13.0.